The number of thioether (sulfide) groups is 1. The molecule has 1 aliphatic carbocycles. The summed E-state index contributed by atoms with van der Waals surface area (Å²) in [5.74, 6) is 2.75. The fraction of sp³-hybridized carbons (Fsp3) is 0.389. The number of amides is 1. The van der Waals surface area contributed by atoms with Crippen molar-refractivity contribution >= 4 is 29.3 Å². The van der Waals surface area contributed by atoms with E-state index in [2.05, 4.69) is 11.4 Å². The molecule has 122 valence electrons. The molecule has 1 aromatic heterocycles. The molecule has 1 fully saturated rings. The van der Waals surface area contributed by atoms with Crippen LogP contribution in [0.1, 0.15) is 47.6 Å². The first-order chi connectivity index (χ1) is 11.2. The molecule has 0 spiro atoms. The van der Waals surface area contributed by atoms with Crippen molar-refractivity contribution in [2.45, 2.75) is 43.2 Å². The van der Waals surface area contributed by atoms with Crippen LogP contribution in [0.25, 0.3) is 0 Å². The molecule has 3 nitrogen and oxygen atoms in total. The van der Waals surface area contributed by atoms with Crippen molar-refractivity contribution in [2.24, 2.45) is 0 Å². The van der Waals surface area contributed by atoms with Gasteiger partial charge in [0.15, 0.2) is 5.76 Å². The average molecular weight is 350 g/mol. The molecule has 1 aromatic carbocycles. The maximum atomic E-state index is 12.1. The molecule has 0 saturated heterocycles. The predicted molar refractivity (Wildman–Crippen MR) is 94.9 cm³/mol. The molecule has 23 heavy (non-hydrogen) atoms. The third-order valence-electron chi connectivity index (χ3n) is 3.98. The summed E-state index contributed by atoms with van der Waals surface area (Å²) in [5, 5.41) is 3.80. The van der Waals surface area contributed by atoms with Crippen molar-refractivity contribution in [1.29, 1.82) is 0 Å². The van der Waals surface area contributed by atoms with Gasteiger partial charge in [-0.05, 0) is 42.7 Å². The Hall–Kier alpha value is -1.39. The zero-order valence-corrected chi connectivity index (χ0v) is 14.5. The van der Waals surface area contributed by atoms with Crippen LogP contribution in [0.2, 0.25) is 5.02 Å². The second-order valence-corrected chi connectivity index (χ2v) is 7.27. The van der Waals surface area contributed by atoms with E-state index in [1.807, 2.05) is 24.3 Å². The maximum Gasteiger partial charge on any atom is 0.287 e. The quantitative estimate of drug-likeness (QED) is 0.794. The van der Waals surface area contributed by atoms with Gasteiger partial charge in [0, 0.05) is 16.8 Å². The third-order valence-corrected chi connectivity index (χ3v) is 5.24. The summed E-state index contributed by atoms with van der Waals surface area (Å²) in [4.78, 5) is 12.1. The molecular formula is C18H20ClNO2S. The number of hydrogen-bond acceptors (Lipinski definition) is 3. The highest BCUT2D eigenvalue weighted by atomic mass is 35.5. The lowest BCUT2D eigenvalue weighted by Gasteiger charge is -2.09. The van der Waals surface area contributed by atoms with Crippen LogP contribution in [-0.2, 0) is 11.5 Å². The topological polar surface area (TPSA) is 42.2 Å². The molecule has 1 heterocycles. The van der Waals surface area contributed by atoms with Gasteiger partial charge < -0.3 is 9.73 Å². The van der Waals surface area contributed by atoms with Crippen LogP contribution in [0.15, 0.2) is 40.8 Å². The normalized spacial score (nSPS) is 15.0. The second-order valence-electron chi connectivity index (χ2n) is 5.84. The molecule has 0 unspecified atom stereocenters. The number of carbonyl (C=O) groups is 1. The van der Waals surface area contributed by atoms with E-state index >= 15 is 0 Å². The van der Waals surface area contributed by atoms with Gasteiger partial charge in [-0.2, -0.15) is 0 Å². The Bertz CT molecular complexity index is 665. The van der Waals surface area contributed by atoms with E-state index in [4.69, 9.17) is 16.0 Å². The van der Waals surface area contributed by atoms with Gasteiger partial charge in [0.25, 0.3) is 5.91 Å². The van der Waals surface area contributed by atoms with E-state index in [9.17, 15) is 4.79 Å². The van der Waals surface area contributed by atoms with Crippen LogP contribution in [0.5, 0.6) is 0 Å². The second kappa shape index (κ2) is 7.93. The zero-order chi connectivity index (χ0) is 16.1. The highest BCUT2D eigenvalue weighted by molar-refractivity contribution is 7.97. The maximum absolute atomic E-state index is 12.1. The molecular weight excluding hydrogens is 330 g/mol. The van der Waals surface area contributed by atoms with Gasteiger partial charge in [0.2, 0.25) is 0 Å². The van der Waals surface area contributed by atoms with E-state index in [1.54, 1.807) is 17.8 Å². The highest BCUT2D eigenvalue weighted by Gasteiger charge is 2.19. The van der Waals surface area contributed by atoms with Gasteiger partial charge in [0.05, 0.1) is 5.75 Å². The van der Waals surface area contributed by atoms with E-state index in [0.29, 0.717) is 11.8 Å². The average Bonchev–Trinajstić information content (AvgIpc) is 3.19. The Morgan fingerprint density at radius 3 is 2.83 bits per heavy atom. The number of benzene rings is 1. The van der Waals surface area contributed by atoms with Crippen molar-refractivity contribution in [2.75, 3.05) is 0 Å². The molecule has 1 amide bonds. The molecule has 1 N–H and O–H groups in total. The van der Waals surface area contributed by atoms with Gasteiger partial charge in [-0.3, -0.25) is 4.79 Å². The first-order valence-electron chi connectivity index (χ1n) is 7.92. The number of rotatable bonds is 6. The Labute approximate surface area is 145 Å². The minimum Gasteiger partial charge on any atom is -0.455 e. The summed E-state index contributed by atoms with van der Waals surface area (Å²) < 4.78 is 5.66. The molecule has 0 atom stereocenters. The van der Waals surface area contributed by atoms with Gasteiger partial charge in [-0.15, -0.1) is 11.8 Å². The summed E-state index contributed by atoms with van der Waals surface area (Å²) in [6.45, 7) is 0. The third kappa shape index (κ3) is 4.79. The van der Waals surface area contributed by atoms with Crippen molar-refractivity contribution in [3.63, 3.8) is 0 Å². The molecule has 0 aliphatic heterocycles. The summed E-state index contributed by atoms with van der Waals surface area (Å²) in [7, 11) is 0. The van der Waals surface area contributed by atoms with Crippen LogP contribution in [0, 0.1) is 0 Å². The van der Waals surface area contributed by atoms with Crippen LogP contribution in [-0.4, -0.2) is 11.9 Å². The van der Waals surface area contributed by atoms with Gasteiger partial charge in [-0.25, -0.2) is 0 Å². The molecule has 5 heteroatoms. The van der Waals surface area contributed by atoms with E-state index in [0.717, 1.165) is 35.1 Å². The zero-order valence-electron chi connectivity index (χ0n) is 12.9. The summed E-state index contributed by atoms with van der Waals surface area (Å²) >= 11 is 7.72. The van der Waals surface area contributed by atoms with Crippen molar-refractivity contribution in [3.8, 4) is 0 Å². The number of hydrogen-bond donors (Lipinski definition) is 1. The standard InChI is InChI=1S/C18H20ClNO2S/c19-14-5-3-4-13(10-14)11-23-12-16-8-9-17(22-16)18(21)20-15-6-1-2-7-15/h3-5,8-10,15H,1-2,6-7,11-12H2,(H,20,21). The minimum absolute atomic E-state index is 0.0945. The molecule has 1 saturated carbocycles. The number of nitrogens with one attached hydrogen (secondary N) is 1. The molecule has 0 bridgehead atoms. The van der Waals surface area contributed by atoms with Crippen LogP contribution >= 0.6 is 23.4 Å². The van der Waals surface area contributed by atoms with Crippen molar-refractivity contribution in [1.82, 2.24) is 5.32 Å². The largest absolute Gasteiger partial charge is 0.455 e. The first-order valence-corrected chi connectivity index (χ1v) is 9.46. The SMILES string of the molecule is O=C(NC1CCCC1)c1ccc(CSCc2cccc(Cl)c2)o1. The fourth-order valence-corrected chi connectivity index (χ4v) is 3.89. The number of halogens is 1. The van der Waals surface area contributed by atoms with Gasteiger partial charge >= 0.3 is 0 Å². The molecule has 3 rings (SSSR count). The van der Waals surface area contributed by atoms with Crippen LogP contribution in [0.4, 0.5) is 0 Å². The lowest BCUT2D eigenvalue weighted by Crippen LogP contribution is -2.32. The van der Waals surface area contributed by atoms with Crippen LogP contribution < -0.4 is 5.32 Å². The van der Waals surface area contributed by atoms with E-state index in [-0.39, 0.29) is 5.91 Å². The number of furan rings is 1. The first kappa shape index (κ1) is 16.5. The van der Waals surface area contributed by atoms with Gasteiger partial charge in [-0.1, -0.05) is 36.6 Å². The van der Waals surface area contributed by atoms with E-state index < -0.39 is 0 Å². The number of carbonyl (C=O) groups excluding carboxylic acids is 1. The predicted octanol–water partition coefficient (Wildman–Crippen LogP) is 5.04. The lowest BCUT2D eigenvalue weighted by molar-refractivity contribution is 0.0908. The van der Waals surface area contributed by atoms with Crippen molar-refractivity contribution in [3.05, 3.63) is 58.5 Å². The highest BCUT2D eigenvalue weighted by Crippen LogP contribution is 2.22. The minimum atomic E-state index is -0.0945. The van der Waals surface area contributed by atoms with Gasteiger partial charge in [0.1, 0.15) is 5.76 Å². The molecule has 1 aliphatic rings. The Kier molecular flexibility index (Phi) is 5.68. The summed E-state index contributed by atoms with van der Waals surface area (Å²) in [5.41, 5.74) is 1.19. The Morgan fingerprint density at radius 2 is 2.04 bits per heavy atom. The fourth-order valence-electron chi connectivity index (χ4n) is 2.80. The smallest absolute Gasteiger partial charge is 0.287 e. The van der Waals surface area contributed by atoms with Crippen LogP contribution in [0.3, 0.4) is 0 Å². The molecule has 2 aromatic rings. The molecule has 0 radical (unpaired) electrons. The van der Waals surface area contributed by atoms with E-state index in [1.165, 1.54) is 18.4 Å². The Balaban J connectivity index is 1.48. The Morgan fingerprint density at radius 1 is 1.22 bits per heavy atom. The summed E-state index contributed by atoms with van der Waals surface area (Å²) in [6, 6.07) is 11.8. The summed E-state index contributed by atoms with van der Waals surface area (Å²) in [6.07, 6.45) is 4.56. The van der Waals surface area contributed by atoms with Crippen molar-refractivity contribution < 1.29 is 9.21 Å². The monoisotopic (exact) mass is 349 g/mol. The lowest BCUT2D eigenvalue weighted by atomic mass is 10.2.